The maximum absolute atomic E-state index is 12.6. The van der Waals surface area contributed by atoms with Crippen molar-refractivity contribution < 1.29 is 18.3 Å². The van der Waals surface area contributed by atoms with Crippen molar-refractivity contribution in [3.05, 3.63) is 29.4 Å². The van der Waals surface area contributed by atoms with E-state index >= 15 is 0 Å². The first-order valence-electron chi connectivity index (χ1n) is 5.06. The van der Waals surface area contributed by atoms with Crippen LogP contribution >= 0.6 is 11.3 Å². The first kappa shape index (κ1) is 12.8. The number of halogens is 3. The molecule has 2 rings (SSSR count). The third-order valence-electron chi connectivity index (χ3n) is 2.43. The first-order valence-corrected chi connectivity index (χ1v) is 5.88. The van der Waals surface area contributed by atoms with Crippen LogP contribution in [0.2, 0.25) is 0 Å². The van der Waals surface area contributed by atoms with Gasteiger partial charge in [0.15, 0.2) is 0 Å². The number of alkyl halides is 3. The summed E-state index contributed by atoms with van der Waals surface area (Å²) in [5, 5.41) is 9.83. The fourth-order valence-electron chi connectivity index (χ4n) is 1.37. The fraction of sp³-hybridized carbons (Fsp3) is 0.273. The summed E-state index contributed by atoms with van der Waals surface area (Å²) in [6.45, 7) is 1.00. The SMILES string of the molecule is CC(c1sc(-c2cccnc2)nc1O)C(F)(F)F. The Kier molecular flexibility index (Phi) is 3.25. The van der Waals surface area contributed by atoms with Gasteiger partial charge in [-0.25, -0.2) is 4.98 Å². The van der Waals surface area contributed by atoms with Gasteiger partial charge < -0.3 is 5.11 Å². The molecule has 0 bridgehead atoms. The van der Waals surface area contributed by atoms with Crippen LogP contribution in [0.25, 0.3) is 10.6 Å². The van der Waals surface area contributed by atoms with Gasteiger partial charge in [-0.3, -0.25) is 4.98 Å². The zero-order chi connectivity index (χ0) is 13.3. The molecule has 0 amide bonds. The Hall–Kier alpha value is -1.63. The van der Waals surface area contributed by atoms with E-state index in [0.29, 0.717) is 10.6 Å². The molecule has 0 aliphatic heterocycles. The van der Waals surface area contributed by atoms with Crippen LogP contribution in [0.15, 0.2) is 24.5 Å². The van der Waals surface area contributed by atoms with Crippen molar-refractivity contribution in [3.8, 4) is 16.5 Å². The van der Waals surface area contributed by atoms with Crippen molar-refractivity contribution in [2.75, 3.05) is 0 Å². The average Bonchev–Trinajstić information content (AvgIpc) is 2.70. The standard InChI is InChI=1S/C11H9F3N2OS/c1-6(11(12,13)14)8-9(17)16-10(18-8)7-3-2-4-15-5-7/h2-6,17H,1H3. The van der Waals surface area contributed by atoms with Gasteiger partial charge in [-0.05, 0) is 19.1 Å². The van der Waals surface area contributed by atoms with Crippen LogP contribution in [0.1, 0.15) is 17.7 Å². The molecular formula is C11H9F3N2OS. The van der Waals surface area contributed by atoms with Gasteiger partial charge in [0.2, 0.25) is 5.88 Å². The molecule has 0 aliphatic rings. The van der Waals surface area contributed by atoms with Crippen LogP contribution in [0, 0.1) is 0 Å². The van der Waals surface area contributed by atoms with E-state index in [1.807, 2.05) is 0 Å². The van der Waals surface area contributed by atoms with E-state index in [0.717, 1.165) is 18.3 Å². The molecule has 7 heteroatoms. The number of hydrogen-bond donors (Lipinski definition) is 1. The first-order chi connectivity index (χ1) is 8.39. The van der Waals surface area contributed by atoms with Crippen molar-refractivity contribution >= 4 is 11.3 Å². The Labute approximate surface area is 105 Å². The lowest BCUT2D eigenvalue weighted by Crippen LogP contribution is -2.16. The Morgan fingerprint density at radius 1 is 1.39 bits per heavy atom. The zero-order valence-corrected chi connectivity index (χ0v) is 10.1. The lowest BCUT2D eigenvalue weighted by molar-refractivity contribution is -0.145. The summed E-state index contributed by atoms with van der Waals surface area (Å²) < 4.78 is 37.7. The van der Waals surface area contributed by atoms with E-state index in [2.05, 4.69) is 9.97 Å². The predicted octanol–water partition coefficient (Wildman–Crippen LogP) is 3.58. The highest BCUT2D eigenvalue weighted by Gasteiger charge is 2.40. The topological polar surface area (TPSA) is 46.0 Å². The molecule has 18 heavy (non-hydrogen) atoms. The summed E-state index contributed by atoms with van der Waals surface area (Å²) in [4.78, 5) is 7.43. The summed E-state index contributed by atoms with van der Waals surface area (Å²) in [6, 6.07) is 3.33. The molecule has 0 radical (unpaired) electrons. The average molecular weight is 274 g/mol. The summed E-state index contributed by atoms with van der Waals surface area (Å²) in [6.07, 6.45) is -1.35. The molecule has 0 aliphatic carbocycles. The summed E-state index contributed by atoms with van der Waals surface area (Å²) in [5.74, 6) is -2.30. The highest BCUT2D eigenvalue weighted by Crippen LogP contribution is 2.43. The van der Waals surface area contributed by atoms with Crippen molar-refractivity contribution in [2.24, 2.45) is 0 Å². The molecule has 0 saturated heterocycles. The van der Waals surface area contributed by atoms with E-state index in [-0.39, 0.29) is 4.88 Å². The second-order valence-electron chi connectivity index (χ2n) is 3.71. The van der Waals surface area contributed by atoms with Gasteiger partial charge in [0.05, 0.1) is 10.8 Å². The number of aromatic nitrogens is 2. The Morgan fingerprint density at radius 3 is 2.67 bits per heavy atom. The van der Waals surface area contributed by atoms with Crippen molar-refractivity contribution in [2.45, 2.75) is 19.0 Å². The predicted molar refractivity (Wildman–Crippen MR) is 61.5 cm³/mol. The van der Waals surface area contributed by atoms with Crippen LogP contribution in [0.5, 0.6) is 5.88 Å². The van der Waals surface area contributed by atoms with Gasteiger partial charge in [0.25, 0.3) is 0 Å². The number of aromatic hydroxyl groups is 1. The van der Waals surface area contributed by atoms with E-state index in [9.17, 15) is 18.3 Å². The summed E-state index contributed by atoms with van der Waals surface area (Å²) in [7, 11) is 0. The third-order valence-corrected chi connectivity index (χ3v) is 3.70. The Balaban J connectivity index is 2.39. The van der Waals surface area contributed by atoms with Gasteiger partial charge in [-0.2, -0.15) is 13.2 Å². The Morgan fingerprint density at radius 2 is 2.11 bits per heavy atom. The monoisotopic (exact) mass is 274 g/mol. The van der Waals surface area contributed by atoms with Gasteiger partial charge in [-0.1, -0.05) is 0 Å². The molecule has 0 saturated carbocycles. The fourth-order valence-corrected chi connectivity index (χ4v) is 2.39. The zero-order valence-electron chi connectivity index (χ0n) is 9.27. The van der Waals surface area contributed by atoms with E-state index in [1.165, 1.54) is 6.20 Å². The third kappa shape index (κ3) is 2.45. The number of nitrogens with zero attached hydrogens (tertiary/aromatic N) is 2. The normalized spacial score (nSPS) is 13.6. The number of hydrogen-bond acceptors (Lipinski definition) is 4. The maximum Gasteiger partial charge on any atom is 0.396 e. The van der Waals surface area contributed by atoms with Crippen molar-refractivity contribution in [3.63, 3.8) is 0 Å². The molecule has 2 aromatic heterocycles. The number of pyridine rings is 1. The molecule has 0 spiro atoms. The largest absolute Gasteiger partial charge is 0.492 e. The molecule has 0 fully saturated rings. The molecule has 1 unspecified atom stereocenters. The number of rotatable bonds is 2. The van der Waals surface area contributed by atoms with Crippen molar-refractivity contribution in [1.29, 1.82) is 0 Å². The summed E-state index contributed by atoms with van der Waals surface area (Å²) in [5.41, 5.74) is 0.582. The second-order valence-corrected chi connectivity index (χ2v) is 4.74. The maximum atomic E-state index is 12.6. The Bertz CT molecular complexity index is 539. The molecule has 1 atom stereocenters. The van der Waals surface area contributed by atoms with Gasteiger partial charge >= 0.3 is 6.18 Å². The van der Waals surface area contributed by atoms with Crippen LogP contribution < -0.4 is 0 Å². The molecule has 96 valence electrons. The highest BCUT2D eigenvalue weighted by molar-refractivity contribution is 7.15. The van der Waals surface area contributed by atoms with Gasteiger partial charge in [-0.15, -0.1) is 11.3 Å². The van der Waals surface area contributed by atoms with Crippen LogP contribution in [-0.4, -0.2) is 21.3 Å². The smallest absolute Gasteiger partial charge is 0.396 e. The molecular weight excluding hydrogens is 265 g/mol. The van der Waals surface area contributed by atoms with Gasteiger partial charge in [0.1, 0.15) is 5.01 Å². The minimum atomic E-state index is -4.39. The van der Waals surface area contributed by atoms with Crippen LogP contribution in [0.3, 0.4) is 0 Å². The number of thiazole rings is 1. The molecule has 1 N–H and O–H groups in total. The van der Waals surface area contributed by atoms with Crippen LogP contribution in [0.4, 0.5) is 13.2 Å². The quantitative estimate of drug-likeness (QED) is 0.910. The van der Waals surface area contributed by atoms with Gasteiger partial charge in [0, 0.05) is 18.0 Å². The minimum absolute atomic E-state index is 0.179. The second kappa shape index (κ2) is 4.56. The lowest BCUT2D eigenvalue weighted by atomic mass is 10.1. The molecule has 0 aromatic carbocycles. The van der Waals surface area contributed by atoms with E-state index < -0.39 is 18.0 Å². The molecule has 2 heterocycles. The van der Waals surface area contributed by atoms with Crippen LogP contribution in [-0.2, 0) is 0 Å². The van der Waals surface area contributed by atoms with E-state index in [1.54, 1.807) is 18.3 Å². The minimum Gasteiger partial charge on any atom is -0.492 e. The summed E-state index contributed by atoms with van der Waals surface area (Å²) >= 11 is 0.826. The molecule has 2 aromatic rings. The lowest BCUT2D eigenvalue weighted by Gasteiger charge is -2.13. The molecule has 3 nitrogen and oxygen atoms in total. The van der Waals surface area contributed by atoms with Crippen molar-refractivity contribution in [1.82, 2.24) is 9.97 Å². The highest BCUT2D eigenvalue weighted by atomic mass is 32.1. The van der Waals surface area contributed by atoms with E-state index in [4.69, 9.17) is 0 Å².